The second kappa shape index (κ2) is 7.69. The van der Waals surface area contributed by atoms with Gasteiger partial charge in [0.2, 0.25) is 5.91 Å². The molecule has 0 radical (unpaired) electrons. The van der Waals surface area contributed by atoms with E-state index in [0.717, 1.165) is 10.0 Å². The van der Waals surface area contributed by atoms with E-state index in [1.165, 1.54) is 0 Å². The van der Waals surface area contributed by atoms with E-state index in [1.54, 1.807) is 7.11 Å². The Kier molecular flexibility index (Phi) is 6.55. The lowest BCUT2D eigenvalue weighted by Gasteiger charge is -2.14. The smallest absolute Gasteiger partial charge is 0.224 e. The van der Waals surface area contributed by atoms with E-state index in [1.807, 2.05) is 24.3 Å². The second-order valence-electron chi connectivity index (χ2n) is 3.68. The van der Waals surface area contributed by atoms with Crippen LogP contribution in [-0.4, -0.2) is 31.5 Å². The van der Waals surface area contributed by atoms with Gasteiger partial charge in [-0.25, -0.2) is 0 Å². The number of carbonyl (C=O) groups excluding carboxylic acids is 1. The van der Waals surface area contributed by atoms with Crippen molar-refractivity contribution in [1.29, 1.82) is 0 Å². The average Bonchev–Trinajstić information content (AvgIpc) is 2.28. The lowest BCUT2D eigenvalue weighted by Crippen LogP contribution is -2.40. The van der Waals surface area contributed by atoms with Crippen LogP contribution in [0.1, 0.15) is 5.56 Å². The van der Waals surface area contributed by atoms with Crippen LogP contribution in [0.4, 0.5) is 0 Å². The molecule has 17 heavy (non-hydrogen) atoms. The summed E-state index contributed by atoms with van der Waals surface area (Å²) in [6, 6.07) is 7.53. The molecule has 0 saturated carbocycles. The number of hydrogen-bond acceptors (Lipinski definition) is 2. The van der Waals surface area contributed by atoms with Crippen molar-refractivity contribution < 1.29 is 9.53 Å². The first-order valence-corrected chi connectivity index (χ1v) is 6.57. The lowest BCUT2D eigenvalue weighted by atomic mass is 10.1. The topological polar surface area (TPSA) is 38.3 Å². The Hall–Kier alpha value is -0.580. The van der Waals surface area contributed by atoms with Gasteiger partial charge in [0.05, 0.1) is 19.1 Å². The zero-order chi connectivity index (χ0) is 12.7. The predicted octanol–water partition coefficient (Wildman–Crippen LogP) is 2.36. The van der Waals surface area contributed by atoms with E-state index in [2.05, 4.69) is 21.2 Å². The first kappa shape index (κ1) is 14.5. The zero-order valence-electron chi connectivity index (χ0n) is 9.58. The van der Waals surface area contributed by atoms with Crippen LogP contribution in [0.3, 0.4) is 0 Å². The minimum absolute atomic E-state index is 0.0502. The van der Waals surface area contributed by atoms with E-state index in [9.17, 15) is 4.79 Å². The van der Waals surface area contributed by atoms with Gasteiger partial charge in [0, 0.05) is 17.5 Å². The number of alkyl halides is 1. The first-order valence-electron chi connectivity index (χ1n) is 5.24. The molecular formula is C12H15BrClNO2. The zero-order valence-corrected chi connectivity index (χ0v) is 11.9. The molecule has 1 rings (SSSR count). The van der Waals surface area contributed by atoms with Gasteiger partial charge in [0.15, 0.2) is 0 Å². The average molecular weight is 321 g/mol. The Morgan fingerprint density at radius 2 is 2.35 bits per heavy atom. The van der Waals surface area contributed by atoms with E-state index >= 15 is 0 Å². The Morgan fingerprint density at radius 3 is 2.94 bits per heavy atom. The van der Waals surface area contributed by atoms with Crippen molar-refractivity contribution in [2.45, 2.75) is 12.5 Å². The molecule has 0 aliphatic rings. The van der Waals surface area contributed by atoms with Gasteiger partial charge in [-0.2, -0.15) is 0 Å². The van der Waals surface area contributed by atoms with E-state index in [4.69, 9.17) is 16.3 Å². The highest BCUT2D eigenvalue weighted by Crippen LogP contribution is 2.12. The highest BCUT2D eigenvalue weighted by Gasteiger charge is 2.11. The normalized spacial score (nSPS) is 12.2. The maximum atomic E-state index is 11.7. The first-order chi connectivity index (χ1) is 8.15. The van der Waals surface area contributed by atoms with E-state index < -0.39 is 0 Å². The number of halogens is 2. The fraction of sp³-hybridized carbons (Fsp3) is 0.417. The van der Waals surface area contributed by atoms with Gasteiger partial charge in [0.25, 0.3) is 0 Å². The van der Waals surface area contributed by atoms with Gasteiger partial charge in [-0.1, -0.05) is 28.1 Å². The molecule has 0 aliphatic heterocycles. The van der Waals surface area contributed by atoms with Crippen molar-refractivity contribution in [2.75, 3.05) is 19.6 Å². The number of rotatable bonds is 6. The van der Waals surface area contributed by atoms with Crippen molar-refractivity contribution in [3.05, 3.63) is 34.3 Å². The molecule has 0 aromatic heterocycles. The van der Waals surface area contributed by atoms with Crippen LogP contribution in [0.15, 0.2) is 28.7 Å². The summed E-state index contributed by atoms with van der Waals surface area (Å²) in [7, 11) is 1.58. The molecule has 1 aromatic carbocycles. The van der Waals surface area contributed by atoms with Gasteiger partial charge in [-0.15, -0.1) is 11.6 Å². The molecule has 0 fully saturated rings. The van der Waals surface area contributed by atoms with E-state index in [0.29, 0.717) is 18.9 Å². The van der Waals surface area contributed by atoms with Gasteiger partial charge >= 0.3 is 0 Å². The second-order valence-corrected chi connectivity index (χ2v) is 4.91. The number of nitrogens with one attached hydrogen (secondary N) is 1. The molecule has 0 aliphatic carbocycles. The van der Waals surface area contributed by atoms with Gasteiger partial charge in [-0.3, -0.25) is 4.79 Å². The molecule has 94 valence electrons. The minimum Gasteiger partial charge on any atom is -0.383 e. The molecular weight excluding hydrogens is 305 g/mol. The third-order valence-electron chi connectivity index (χ3n) is 2.17. The number of benzene rings is 1. The fourth-order valence-electron chi connectivity index (χ4n) is 1.44. The number of amides is 1. The molecule has 0 spiro atoms. The largest absolute Gasteiger partial charge is 0.383 e. The molecule has 0 heterocycles. The summed E-state index contributed by atoms with van der Waals surface area (Å²) in [6.45, 7) is 0.424. The highest BCUT2D eigenvalue weighted by molar-refractivity contribution is 9.10. The van der Waals surface area contributed by atoms with Crippen molar-refractivity contribution in [1.82, 2.24) is 5.32 Å². The number of hydrogen-bond donors (Lipinski definition) is 1. The highest BCUT2D eigenvalue weighted by atomic mass is 79.9. The number of methoxy groups -OCH3 is 1. The molecule has 1 N–H and O–H groups in total. The van der Waals surface area contributed by atoms with Crippen LogP contribution < -0.4 is 5.32 Å². The van der Waals surface area contributed by atoms with E-state index in [-0.39, 0.29) is 11.9 Å². The summed E-state index contributed by atoms with van der Waals surface area (Å²) in [5.74, 6) is 0.295. The van der Waals surface area contributed by atoms with Gasteiger partial charge < -0.3 is 10.1 Å². The van der Waals surface area contributed by atoms with Crippen LogP contribution in [-0.2, 0) is 16.0 Å². The molecule has 1 unspecified atom stereocenters. The Morgan fingerprint density at radius 1 is 1.59 bits per heavy atom. The Bertz CT molecular complexity index is 373. The third kappa shape index (κ3) is 5.52. The standard InChI is InChI=1S/C12H15BrClNO2/c1-17-8-11(7-14)15-12(16)6-9-3-2-4-10(13)5-9/h2-5,11H,6-8H2,1H3,(H,15,16). The maximum absolute atomic E-state index is 11.7. The predicted molar refractivity (Wildman–Crippen MR) is 72.4 cm³/mol. The van der Waals surface area contributed by atoms with Crippen molar-refractivity contribution in [3.63, 3.8) is 0 Å². The SMILES string of the molecule is COCC(CCl)NC(=O)Cc1cccc(Br)c1. The fourth-order valence-corrected chi connectivity index (χ4v) is 2.05. The van der Waals surface area contributed by atoms with Crippen LogP contribution >= 0.6 is 27.5 Å². The summed E-state index contributed by atoms with van der Waals surface area (Å²) in [5, 5.41) is 2.82. The maximum Gasteiger partial charge on any atom is 0.224 e. The van der Waals surface area contributed by atoms with Crippen molar-refractivity contribution in [2.24, 2.45) is 0 Å². The minimum atomic E-state index is -0.138. The number of ether oxygens (including phenoxy) is 1. The molecule has 3 nitrogen and oxygen atoms in total. The van der Waals surface area contributed by atoms with Crippen LogP contribution in [0.5, 0.6) is 0 Å². The van der Waals surface area contributed by atoms with Gasteiger partial charge in [-0.05, 0) is 17.7 Å². The Balaban J connectivity index is 2.49. The van der Waals surface area contributed by atoms with Crippen molar-refractivity contribution >= 4 is 33.4 Å². The van der Waals surface area contributed by atoms with Crippen molar-refractivity contribution in [3.8, 4) is 0 Å². The van der Waals surface area contributed by atoms with Crippen LogP contribution in [0.2, 0.25) is 0 Å². The lowest BCUT2D eigenvalue weighted by molar-refractivity contribution is -0.121. The Labute approximate surface area is 115 Å². The summed E-state index contributed by atoms with van der Waals surface area (Å²) >= 11 is 9.09. The van der Waals surface area contributed by atoms with Crippen LogP contribution in [0, 0.1) is 0 Å². The monoisotopic (exact) mass is 319 g/mol. The molecule has 1 atom stereocenters. The summed E-state index contributed by atoms with van der Waals surface area (Å²) in [6.07, 6.45) is 0.344. The number of carbonyl (C=O) groups is 1. The third-order valence-corrected chi connectivity index (χ3v) is 3.04. The molecule has 1 amide bonds. The molecule has 5 heteroatoms. The summed E-state index contributed by atoms with van der Waals surface area (Å²) in [5.41, 5.74) is 0.961. The van der Waals surface area contributed by atoms with Gasteiger partial charge in [0.1, 0.15) is 0 Å². The molecule has 0 saturated heterocycles. The summed E-state index contributed by atoms with van der Waals surface area (Å²) < 4.78 is 5.92. The quantitative estimate of drug-likeness (QED) is 0.817. The summed E-state index contributed by atoms with van der Waals surface area (Å²) in [4.78, 5) is 11.7. The molecule has 1 aromatic rings. The molecule has 0 bridgehead atoms. The van der Waals surface area contributed by atoms with Crippen LogP contribution in [0.25, 0.3) is 0 Å².